The fraction of sp³-hybridized carbons (Fsp3) is 0.524. The molecule has 2 aromatic rings. The van der Waals surface area contributed by atoms with Crippen LogP contribution in [-0.4, -0.2) is 10.2 Å². The van der Waals surface area contributed by atoms with Gasteiger partial charge < -0.3 is 14.9 Å². The number of hydrogen-bond donors (Lipinski definition) is 2. The van der Waals surface area contributed by atoms with E-state index in [1.807, 2.05) is 12.1 Å². The van der Waals surface area contributed by atoms with Gasteiger partial charge in [0.15, 0.2) is 0 Å². The molecule has 0 spiro atoms. The number of aromatic nitrogens is 2. The summed E-state index contributed by atoms with van der Waals surface area (Å²) in [6.45, 7) is 0. The van der Waals surface area contributed by atoms with Gasteiger partial charge in [0, 0.05) is 11.1 Å². The Bertz CT molecular complexity index is 943. The van der Waals surface area contributed by atoms with Crippen molar-refractivity contribution >= 4 is 0 Å². The molecular formula is C21H22N4O2. The second kappa shape index (κ2) is 5.19. The zero-order valence-electron chi connectivity index (χ0n) is 15.1. The number of furan rings is 1. The molecule has 0 amide bonds. The Balaban J connectivity index is 1.53. The summed E-state index contributed by atoms with van der Waals surface area (Å²) >= 11 is 0. The van der Waals surface area contributed by atoms with Crippen LogP contribution in [0.3, 0.4) is 0 Å². The van der Waals surface area contributed by atoms with Crippen molar-refractivity contribution in [3.05, 3.63) is 46.9 Å². The van der Waals surface area contributed by atoms with Crippen molar-refractivity contribution in [1.82, 2.24) is 10.2 Å². The van der Waals surface area contributed by atoms with E-state index in [9.17, 15) is 5.26 Å². The monoisotopic (exact) mass is 362 g/mol. The molecule has 6 heteroatoms. The predicted octanol–water partition coefficient (Wildman–Crippen LogP) is 3.69. The molecule has 3 heterocycles. The molecule has 1 aliphatic heterocycles. The highest BCUT2D eigenvalue weighted by Gasteiger charge is 2.54. The van der Waals surface area contributed by atoms with E-state index in [1.54, 1.807) is 6.26 Å². The number of hydrogen-bond acceptors (Lipinski definition) is 5. The molecule has 138 valence electrons. The summed E-state index contributed by atoms with van der Waals surface area (Å²) in [5, 5.41) is 17.6. The maximum Gasteiger partial charge on any atom is 0.244 e. The topological polar surface area (TPSA) is 101 Å². The molecule has 0 aromatic carbocycles. The highest BCUT2D eigenvalue weighted by molar-refractivity contribution is 5.55. The SMILES string of the molecule is N#CC1=C(N)Oc2n[nH]c(C34CC5CC(CC(C5)C3)C4)c2C1c1ccco1. The van der Waals surface area contributed by atoms with Crippen LogP contribution in [0.1, 0.15) is 61.5 Å². The van der Waals surface area contributed by atoms with Crippen molar-refractivity contribution in [3.63, 3.8) is 0 Å². The second-order valence-corrected chi connectivity index (χ2v) is 8.96. The number of nitrogens with one attached hydrogen (secondary N) is 1. The Kier molecular flexibility index (Phi) is 2.96. The summed E-state index contributed by atoms with van der Waals surface area (Å²) in [6.07, 6.45) is 9.40. The molecule has 6 nitrogen and oxygen atoms in total. The molecule has 1 atom stereocenters. The number of ether oxygens (including phenoxy) is 1. The Morgan fingerprint density at radius 3 is 2.48 bits per heavy atom. The van der Waals surface area contributed by atoms with E-state index in [4.69, 9.17) is 14.9 Å². The molecule has 27 heavy (non-hydrogen) atoms. The number of fused-ring (bicyclic) bond motifs is 1. The summed E-state index contributed by atoms with van der Waals surface area (Å²) in [6, 6.07) is 6.00. The summed E-state index contributed by atoms with van der Waals surface area (Å²) in [4.78, 5) is 0. The van der Waals surface area contributed by atoms with Crippen LogP contribution in [0.25, 0.3) is 0 Å². The van der Waals surface area contributed by atoms with E-state index in [2.05, 4.69) is 16.3 Å². The standard InChI is InChI=1S/C21H22N4O2/c22-10-14-16(15-2-1-3-26-15)17-18(24-25-20(17)27-19(14)23)21-7-11-4-12(8-21)6-13(5-11)9-21/h1-3,11-13,16H,4-9,23H2,(H,24,25). The lowest BCUT2D eigenvalue weighted by atomic mass is 9.48. The Morgan fingerprint density at radius 2 is 1.89 bits per heavy atom. The summed E-state index contributed by atoms with van der Waals surface area (Å²) < 4.78 is 11.5. The molecule has 5 aliphatic rings. The summed E-state index contributed by atoms with van der Waals surface area (Å²) in [5.41, 5.74) is 8.69. The smallest absolute Gasteiger partial charge is 0.244 e. The first-order chi connectivity index (χ1) is 13.2. The van der Waals surface area contributed by atoms with Crippen molar-refractivity contribution in [1.29, 1.82) is 5.26 Å². The van der Waals surface area contributed by atoms with Gasteiger partial charge in [-0.25, -0.2) is 0 Å². The average molecular weight is 362 g/mol. The second-order valence-electron chi connectivity index (χ2n) is 8.96. The highest BCUT2D eigenvalue weighted by atomic mass is 16.5. The van der Waals surface area contributed by atoms with Crippen LogP contribution in [0, 0.1) is 29.1 Å². The van der Waals surface area contributed by atoms with Gasteiger partial charge in [-0.3, -0.25) is 5.10 Å². The highest BCUT2D eigenvalue weighted by Crippen LogP contribution is 2.62. The van der Waals surface area contributed by atoms with Gasteiger partial charge in [-0.15, -0.1) is 5.10 Å². The molecule has 4 aliphatic carbocycles. The van der Waals surface area contributed by atoms with Crippen LogP contribution >= 0.6 is 0 Å². The summed E-state index contributed by atoms with van der Waals surface area (Å²) in [7, 11) is 0. The van der Waals surface area contributed by atoms with E-state index in [-0.39, 0.29) is 17.2 Å². The minimum Gasteiger partial charge on any atom is -0.468 e. The van der Waals surface area contributed by atoms with Crippen LogP contribution in [-0.2, 0) is 5.41 Å². The van der Waals surface area contributed by atoms with Gasteiger partial charge in [-0.1, -0.05) is 0 Å². The normalized spacial score (nSPS) is 36.4. The van der Waals surface area contributed by atoms with Gasteiger partial charge in [-0.2, -0.15) is 5.26 Å². The molecule has 0 radical (unpaired) electrons. The molecule has 4 fully saturated rings. The lowest BCUT2D eigenvalue weighted by Crippen LogP contribution is -2.49. The van der Waals surface area contributed by atoms with Crippen molar-refractivity contribution in [2.45, 2.75) is 49.9 Å². The fourth-order valence-corrected chi connectivity index (χ4v) is 6.81. The zero-order valence-corrected chi connectivity index (χ0v) is 15.1. The number of H-pyrrole nitrogens is 1. The lowest BCUT2D eigenvalue weighted by Gasteiger charge is -2.56. The van der Waals surface area contributed by atoms with Crippen LogP contribution < -0.4 is 10.5 Å². The van der Waals surface area contributed by atoms with Gasteiger partial charge in [-0.05, 0) is 68.4 Å². The molecule has 2 aromatic heterocycles. The van der Waals surface area contributed by atoms with Crippen LogP contribution in [0.15, 0.2) is 34.3 Å². The molecular weight excluding hydrogens is 340 g/mol. The summed E-state index contributed by atoms with van der Waals surface area (Å²) in [5.74, 6) is 3.43. The molecule has 0 saturated heterocycles. The van der Waals surface area contributed by atoms with Crippen molar-refractivity contribution in [3.8, 4) is 11.9 Å². The van der Waals surface area contributed by atoms with E-state index in [0.717, 1.165) is 29.0 Å². The van der Waals surface area contributed by atoms with Gasteiger partial charge in [0.1, 0.15) is 17.4 Å². The third-order valence-corrected chi connectivity index (χ3v) is 7.34. The maximum absolute atomic E-state index is 9.78. The van der Waals surface area contributed by atoms with Crippen LogP contribution in [0.4, 0.5) is 0 Å². The molecule has 4 bridgehead atoms. The van der Waals surface area contributed by atoms with Crippen molar-refractivity contribution in [2.75, 3.05) is 0 Å². The zero-order chi connectivity index (χ0) is 18.2. The average Bonchev–Trinajstić information content (AvgIpc) is 3.29. The van der Waals surface area contributed by atoms with Gasteiger partial charge in [0.25, 0.3) is 0 Å². The van der Waals surface area contributed by atoms with Gasteiger partial charge in [0.2, 0.25) is 11.8 Å². The number of allylic oxidation sites excluding steroid dienone is 1. The third kappa shape index (κ3) is 2.03. The van der Waals surface area contributed by atoms with Crippen molar-refractivity contribution in [2.24, 2.45) is 23.5 Å². The fourth-order valence-electron chi connectivity index (χ4n) is 6.81. The largest absolute Gasteiger partial charge is 0.468 e. The van der Waals surface area contributed by atoms with E-state index >= 15 is 0 Å². The Hall–Kier alpha value is -2.68. The number of aromatic amines is 1. The number of rotatable bonds is 2. The lowest BCUT2D eigenvalue weighted by molar-refractivity contribution is -0.00770. The quantitative estimate of drug-likeness (QED) is 0.848. The minimum absolute atomic E-state index is 0.120. The number of nitrogens with zero attached hydrogens (tertiary/aromatic N) is 2. The van der Waals surface area contributed by atoms with Crippen LogP contribution in [0.2, 0.25) is 0 Å². The number of nitriles is 1. The first kappa shape index (κ1) is 15.4. The maximum atomic E-state index is 9.78. The Morgan fingerprint density at radius 1 is 1.19 bits per heavy atom. The van der Waals surface area contributed by atoms with Gasteiger partial charge in [0.05, 0.1) is 17.7 Å². The molecule has 7 rings (SSSR count). The predicted molar refractivity (Wildman–Crippen MR) is 96.4 cm³/mol. The van der Waals surface area contributed by atoms with Crippen LogP contribution in [0.5, 0.6) is 5.88 Å². The number of nitrogens with two attached hydrogens (primary N) is 1. The minimum atomic E-state index is -0.351. The third-order valence-electron chi connectivity index (χ3n) is 7.34. The first-order valence-electron chi connectivity index (χ1n) is 9.86. The van der Waals surface area contributed by atoms with E-state index in [1.165, 1.54) is 38.5 Å². The molecule has 3 N–H and O–H groups in total. The molecule has 1 unspecified atom stereocenters. The van der Waals surface area contributed by atoms with Gasteiger partial charge >= 0.3 is 0 Å². The van der Waals surface area contributed by atoms with Crippen molar-refractivity contribution < 1.29 is 9.15 Å². The van der Waals surface area contributed by atoms with E-state index < -0.39 is 0 Å². The first-order valence-corrected chi connectivity index (χ1v) is 9.86. The van der Waals surface area contributed by atoms with E-state index in [0.29, 0.717) is 17.2 Å². The Labute approximate surface area is 157 Å². The molecule has 4 saturated carbocycles.